The van der Waals surface area contributed by atoms with Crippen molar-refractivity contribution in [3.63, 3.8) is 0 Å². The van der Waals surface area contributed by atoms with Gasteiger partial charge in [-0.25, -0.2) is 15.0 Å². The summed E-state index contributed by atoms with van der Waals surface area (Å²) in [6.45, 7) is 7.04. The molecule has 3 N–H and O–H groups in total. The van der Waals surface area contributed by atoms with Crippen LogP contribution in [-0.2, 0) is 9.53 Å². The molecule has 0 aliphatic carbocycles. The molecule has 2 atom stereocenters. The van der Waals surface area contributed by atoms with Gasteiger partial charge in [-0.05, 0) is 25.5 Å². The summed E-state index contributed by atoms with van der Waals surface area (Å²) >= 11 is 13.3. The number of aromatic nitrogens is 3. The first-order valence-corrected chi connectivity index (χ1v) is 12.4. The molecule has 196 valence electrons. The lowest BCUT2D eigenvalue weighted by molar-refractivity contribution is -0.117. The fourth-order valence-electron chi connectivity index (χ4n) is 4.10. The monoisotopic (exact) mass is 546 g/mol. The quantitative estimate of drug-likeness (QED) is 0.337. The average molecular weight is 547 g/mol. The summed E-state index contributed by atoms with van der Waals surface area (Å²) in [6, 6.07) is 3.07. The lowest BCUT2D eigenvalue weighted by Crippen LogP contribution is -2.52. The molecular weight excluding hydrogens is 519 g/mol. The molecule has 1 aromatic carbocycles. The van der Waals surface area contributed by atoms with E-state index in [1.54, 1.807) is 12.3 Å². The van der Waals surface area contributed by atoms with Crippen molar-refractivity contribution in [1.82, 2.24) is 20.3 Å². The Labute approximate surface area is 224 Å². The molecule has 4 rings (SSSR count). The van der Waals surface area contributed by atoms with Crippen LogP contribution in [0.5, 0.6) is 11.5 Å². The molecule has 3 aromatic rings. The first-order valence-electron chi connectivity index (χ1n) is 11.7. The Morgan fingerprint density at radius 3 is 2.57 bits per heavy atom. The lowest BCUT2D eigenvalue weighted by atomic mass is 10.0. The van der Waals surface area contributed by atoms with E-state index in [0.717, 1.165) is 5.39 Å². The number of pyridine rings is 1. The Morgan fingerprint density at radius 2 is 1.92 bits per heavy atom. The van der Waals surface area contributed by atoms with Crippen LogP contribution in [0.2, 0.25) is 10.0 Å². The molecule has 1 fully saturated rings. The Kier molecular flexibility index (Phi) is 8.52. The van der Waals surface area contributed by atoms with Crippen LogP contribution in [0.15, 0.2) is 31.0 Å². The normalized spacial score (nSPS) is 17.2. The van der Waals surface area contributed by atoms with Gasteiger partial charge < -0.3 is 30.2 Å². The van der Waals surface area contributed by atoms with E-state index in [0.29, 0.717) is 76.3 Å². The fourth-order valence-corrected chi connectivity index (χ4v) is 4.79. The number of amides is 1. The number of carbonyl (C=O) groups is 1. The molecule has 12 heteroatoms. The van der Waals surface area contributed by atoms with Gasteiger partial charge in [-0.2, -0.15) is 0 Å². The van der Waals surface area contributed by atoms with Crippen LogP contribution < -0.4 is 25.4 Å². The number of nitrogens with zero attached hydrogens (tertiary/aromatic N) is 3. The van der Waals surface area contributed by atoms with E-state index < -0.39 is 0 Å². The van der Waals surface area contributed by atoms with Crippen LogP contribution in [-0.4, -0.2) is 66.9 Å². The molecule has 10 nitrogen and oxygen atoms in total. The summed E-state index contributed by atoms with van der Waals surface area (Å²) in [5, 5.41) is 10.8. The number of methoxy groups -OCH3 is 2. The Morgan fingerprint density at radius 1 is 1.19 bits per heavy atom. The molecule has 0 radical (unpaired) electrons. The van der Waals surface area contributed by atoms with Crippen molar-refractivity contribution in [3.8, 4) is 22.8 Å². The van der Waals surface area contributed by atoms with Gasteiger partial charge in [0.2, 0.25) is 11.9 Å². The van der Waals surface area contributed by atoms with E-state index in [9.17, 15) is 4.79 Å². The fraction of sp³-hybridized carbons (Fsp3) is 0.360. The summed E-state index contributed by atoms with van der Waals surface area (Å²) in [7, 11) is 3.03. The second kappa shape index (κ2) is 11.8. The van der Waals surface area contributed by atoms with Crippen molar-refractivity contribution in [2.45, 2.75) is 25.4 Å². The maximum absolute atomic E-state index is 11.9. The molecule has 1 amide bonds. The molecule has 1 aliphatic rings. The number of anilines is 2. The Hall–Kier alpha value is -3.34. The number of hydrogen-bond acceptors (Lipinski definition) is 9. The predicted octanol–water partition coefficient (Wildman–Crippen LogP) is 4.32. The highest BCUT2D eigenvalue weighted by Gasteiger charge is 2.28. The third kappa shape index (κ3) is 5.66. The first kappa shape index (κ1) is 26.7. The highest BCUT2D eigenvalue weighted by molar-refractivity contribution is 6.41. The minimum absolute atomic E-state index is 0.153. The van der Waals surface area contributed by atoms with Crippen LogP contribution in [0.3, 0.4) is 0 Å². The molecule has 2 aromatic heterocycles. The van der Waals surface area contributed by atoms with Crippen molar-refractivity contribution in [2.75, 3.05) is 44.6 Å². The first-order chi connectivity index (χ1) is 17.9. The van der Waals surface area contributed by atoms with Gasteiger partial charge in [-0.15, -0.1) is 0 Å². The number of halogens is 2. The van der Waals surface area contributed by atoms with Gasteiger partial charge in [0.25, 0.3) is 0 Å². The number of fused-ring (bicyclic) bond motifs is 1. The summed E-state index contributed by atoms with van der Waals surface area (Å²) < 4.78 is 16.4. The second-order valence-corrected chi connectivity index (χ2v) is 8.99. The SMILES string of the molecule is C=CC(=O)N[C@H]1CCOC[C@H]1Nc1ncc2cc(-c3c(Cl)c(OC)cc(OC)c3Cl)nc(NCC)c2n1. The zero-order chi connectivity index (χ0) is 26.5. The second-order valence-electron chi connectivity index (χ2n) is 8.24. The van der Waals surface area contributed by atoms with E-state index in [-0.39, 0.29) is 18.0 Å². The smallest absolute Gasteiger partial charge is 0.243 e. The summed E-state index contributed by atoms with van der Waals surface area (Å²) in [5.74, 6) is 1.50. The Bertz CT molecular complexity index is 1290. The molecule has 37 heavy (non-hydrogen) atoms. The number of hydrogen-bond donors (Lipinski definition) is 3. The zero-order valence-corrected chi connectivity index (χ0v) is 22.2. The molecule has 0 saturated carbocycles. The molecule has 1 saturated heterocycles. The lowest BCUT2D eigenvalue weighted by Gasteiger charge is -2.32. The molecular formula is C25H28Cl2N6O4. The van der Waals surface area contributed by atoms with Gasteiger partial charge in [0.15, 0.2) is 5.82 Å². The number of rotatable bonds is 9. The molecule has 0 spiro atoms. The third-order valence-corrected chi connectivity index (χ3v) is 6.67. The van der Waals surface area contributed by atoms with Crippen LogP contribution in [0.25, 0.3) is 22.2 Å². The minimum Gasteiger partial charge on any atom is -0.495 e. The van der Waals surface area contributed by atoms with Crippen LogP contribution in [0, 0.1) is 0 Å². The van der Waals surface area contributed by atoms with Crippen molar-refractivity contribution in [3.05, 3.63) is 41.0 Å². The van der Waals surface area contributed by atoms with E-state index in [2.05, 4.69) is 27.5 Å². The number of benzene rings is 1. The third-order valence-electron chi connectivity index (χ3n) is 5.92. The summed E-state index contributed by atoms with van der Waals surface area (Å²) in [5.41, 5.74) is 1.59. The molecule has 3 heterocycles. The highest BCUT2D eigenvalue weighted by atomic mass is 35.5. The van der Waals surface area contributed by atoms with Crippen molar-refractivity contribution < 1.29 is 19.0 Å². The number of carbonyl (C=O) groups excluding carboxylic acids is 1. The van der Waals surface area contributed by atoms with Crippen LogP contribution >= 0.6 is 23.2 Å². The molecule has 1 aliphatic heterocycles. The zero-order valence-electron chi connectivity index (χ0n) is 20.7. The van der Waals surface area contributed by atoms with E-state index >= 15 is 0 Å². The van der Waals surface area contributed by atoms with Crippen LogP contribution in [0.4, 0.5) is 11.8 Å². The average Bonchev–Trinajstić information content (AvgIpc) is 2.90. The van der Waals surface area contributed by atoms with E-state index in [4.69, 9.17) is 47.4 Å². The van der Waals surface area contributed by atoms with Gasteiger partial charge in [0.1, 0.15) is 17.0 Å². The summed E-state index contributed by atoms with van der Waals surface area (Å²) in [4.78, 5) is 25.9. The number of ether oxygens (including phenoxy) is 3. The van der Waals surface area contributed by atoms with E-state index in [1.807, 2.05) is 13.0 Å². The largest absolute Gasteiger partial charge is 0.495 e. The number of nitrogens with one attached hydrogen (secondary N) is 3. The standard InChI is InChI=1S/C25H28Cl2N6O4/c1-5-19(34)30-14-7-8-37-12-16(14)32-25-29-11-13-9-15(31-24(28-6-2)23(13)33-25)20-21(26)17(35-3)10-18(36-4)22(20)27/h5,9-11,14,16H,1,6-8,12H2,2-4H3,(H,28,31)(H,30,34)(H,29,32,33)/t14-,16+/m0/s1. The van der Waals surface area contributed by atoms with Gasteiger partial charge in [0, 0.05) is 36.4 Å². The van der Waals surface area contributed by atoms with Gasteiger partial charge in [-0.3, -0.25) is 4.79 Å². The predicted molar refractivity (Wildman–Crippen MR) is 145 cm³/mol. The van der Waals surface area contributed by atoms with Gasteiger partial charge >= 0.3 is 0 Å². The van der Waals surface area contributed by atoms with Crippen molar-refractivity contribution in [1.29, 1.82) is 0 Å². The minimum atomic E-state index is -0.240. The van der Waals surface area contributed by atoms with Crippen molar-refractivity contribution >= 4 is 51.8 Å². The van der Waals surface area contributed by atoms with E-state index in [1.165, 1.54) is 20.3 Å². The topological polar surface area (TPSA) is 120 Å². The van der Waals surface area contributed by atoms with Gasteiger partial charge in [-0.1, -0.05) is 29.8 Å². The van der Waals surface area contributed by atoms with Crippen LogP contribution in [0.1, 0.15) is 13.3 Å². The summed E-state index contributed by atoms with van der Waals surface area (Å²) in [6.07, 6.45) is 3.60. The molecule has 0 bridgehead atoms. The highest BCUT2D eigenvalue weighted by Crippen LogP contribution is 2.46. The Balaban J connectivity index is 1.75. The molecule has 0 unspecified atom stereocenters. The maximum Gasteiger partial charge on any atom is 0.243 e. The van der Waals surface area contributed by atoms with Crippen molar-refractivity contribution in [2.24, 2.45) is 0 Å². The maximum atomic E-state index is 11.9. The van der Waals surface area contributed by atoms with Gasteiger partial charge in [0.05, 0.1) is 48.6 Å².